The van der Waals surface area contributed by atoms with Crippen molar-refractivity contribution < 1.29 is 9.18 Å². The van der Waals surface area contributed by atoms with Crippen LogP contribution in [-0.2, 0) is 13.5 Å². The van der Waals surface area contributed by atoms with E-state index in [1.54, 1.807) is 6.07 Å². The third-order valence-corrected chi connectivity index (χ3v) is 5.21. The number of anilines is 1. The van der Waals surface area contributed by atoms with Crippen molar-refractivity contribution >= 4 is 38.3 Å². The molecule has 1 amide bonds. The van der Waals surface area contributed by atoms with Gasteiger partial charge in [0.2, 0.25) is 0 Å². The highest BCUT2D eigenvalue weighted by molar-refractivity contribution is 9.10. The minimum Gasteiger partial charge on any atom is -0.296 e. The van der Waals surface area contributed by atoms with Crippen molar-refractivity contribution in [2.24, 2.45) is 7.05 Å². The lowest BCUT2D eigenvalue weighted by Gasteiger charge is -2.02. The summed E-state index contributed by atoms with van der Waals surface area (Å²) >= 11 is 4.64. The molecule has 2 heterocycles. The van der Waals surface area contributed by atoms with Crippen LogP contribution in [0.2, 0.25) is 0 Å². The Labute approximate surface area is 154 Å². The van der Waals surface area contributed by atoms with Gasteiger partial charge in [-0.3, -0.25) is 14.9 Å². The predicted octanol–water partition coefficient (Wildman–Crippen LogP) is 2.98. The lowest BCUT2D eigenvalue weighted by atomic mass is 10.1. The molecule has 128 valence electrons. The Morgan fingerprint density at radius 1 is 1.36 bits per heavy atom. The summed E-state index contributed by atoms with van der Waals surface area (Å²) < 4.78 is 15.0. The lowest BCUT2D eigenvalue weighted by Crippen LogP contribution is -2.23. The quantitative estimate of drug-likeness (QED) is 0.700. The molecule has 3 aromatic rings. The second-order valence-corrected chi connectivity index (χ2v) is 7.01. The maximum Gasteiger partial charge on any atom is 0.277 e. The van der Waals surface area contributed by atoms with Crippen LogP contribution in [0.3, 0.4) is 0 Å². The van der Waals surface area contributed by atoms with Crippen molar-refractivity contribution in [1.82, 2.24) is 14.8 Å². The van der Waals surface area contributed by atoms with Crippen LogP contribution in [-0.4, -0.2) is 20.7 Å². The van der Waals surface area contributed by atoms with Gasteiger partial charge in [0.05, 0.1) is 0 Å². The Morgan fingerprint density at radius 3 is 2.88 bits per heavy atom. The zero-order chi connectivity index (χ0) is 18.0. The van der Waals surface area contributed by atoms with Crippen molar-refractivity contribution in [1.29, 1.82) is 0 Å². The number of hydrogen-bond donors (Lipinski definition) is 1. The van der Waals surface area contributed by atoms with Crippen molar-refractivity contribution in [3.63, 3.8) is 0 Å². The zero-order valence-corrected chi connectivity index (χ0v) is 15.4. The first-order valence-electron chi connectivity index (χ1n) is 7.18. The van der Waals surface area contributed by atoms with Gasteiger partial charge in [0.25, 0.3) is 11.5 Å². The van der Waals surface area contributed by atoms with E-state index in [0.29, 0.717) is 16.2 Å². The van der Waals surface area contributed by atoms with E-state index in [2.05, 4.69) is 31.3 Å². The van der Waals surface area contributed by atoms with E-state index >= 15 is 0 Å². The normalized spacial score (nSPS) is 10.7. The van der Waals surface area contributed by atoms with E-state index in [-0.39, 0.29) is 17.1 Å². The van der Waals surface area contributed by atoms with Crippen LogP contribution in [0.5, 0.6) is 0 Å². The fraction of sp³-hybridized carbons (Fsp3) is 0.125. The van der Waals surface area contributed by atoms with Crippen LogP contribution in [0.15, 0.2) is 45.8 Å². The zero-order valence-electron chi connectivity index (χ0n) is 13.0. The molecule has 9 heteroatoms. The number of thiazole rings is 1. The summed E-state index contributed by atoms with van der Waals surface area (Å²) in [5.41, 5.74) is 0.618. The van der Waals surface area contributed by atoms with Gasteiger partial charge in [0, 0.05) is 24.4 Å². The van der Waals surface area contributed by atoms with E-state index in [9.17, 15) is 14.0 Å². The third kappa shape index (κ3) is 4.18. The van der Waals surface area contributed by atoms with Gasteiger partial charge in [-0.2, -0.15) is 5.10 Å². The van der Waals surface area contributed by atoms with E-state index in [1.807, 2.05) is 6.07 Å². The monoisotopic (exact) mass is 422 g/mol. The molecule has 0 aliphatic heterocycles. The number of nitrogens with one attached hydrogen (secondary N) is 1. The Bertz CT molecular complexity index is 1000. The summed E-state index contributed by atoms with van der Waals surface area (Å²) in [5.74, 6) is -0.762. The van der Waals surface area contributed by atoms with Crippen LogP contribution in [0, 0.1) is 5.82 Å². The largest absolute Gasteiger partial charge is 0.296 e. The molecule has 0 saturated carbocycles. The molecule has 0 spiro atoms. The Hall–Kier alpha value is -2.39. The highest BCUT2D eigenvalue weighted by atomic mass is 79.9. The third-order valence-electron chi connectivity index (χ3n) is 3.32. The minimum atomic E-state index is -0.464. The van der Waals surface area contributed by atoms with Gasteiger partial charge in [-0.1, -0.05) is 12.1 Å². The smallest absolute Gasteiger partial charge is 0.277 e. The maximum atomic E-state index is 13.3. The highest BCUT2D eigenvalue weighted by Crippen LogP contribution is 2.29. The van der Waals surface area contributed by atoms with Crippen LogP contribution in [0.25, 0.3) is 0 Å². The van der Waals surface area contributed by atoms with Crippen molar-refractivity contribution in [3.8, 4) is 0 Å². The first-order chi connectivity index (χ1) is 11.9. The van der Waals surface area contributed by atoms with Crippen molar-refractivity contribution in [3.05, 3.63) is 73.3 Å². The van der Waals surface area contributed by atoms with E-state index in [0.717, 1.165) is 15.1 Å². The molecule has 0 fully saturated rings. The Balaban J connectivity index is 1.76. The van der Waals surface area contributed by atoms with Crippen molar-refractivity contribution in [2.75, 3.05) is 5.32 Å². The molecule has 6 nitrogen and oxygen atoms in total. The first-order valence-corrected chi connectivity index (χ1v) is 8.78. The number of halogens is 2. The van der Waals surface area contributed by atoms with E-state index in [1.165, 1.54) is 42.6 Å². The fourth-order valence-corrected chi connectivity index (χ4v) is 3.67. The average Bonchev–Trinajstić information content (AvgIpc) is 2.89. The van der Waals surface area contributed by atoms with E-state index < -0.39 is 5.91 Å². The topological polar surface area (TPSA) is 76.9 Å². The molecule has 0 aliphatic carbocycles. The molecule has 0 aliphatic rings. The molecule has 0 atom stereocenters. The Kier molecular flexibility index (Phi) is 5.05. The number of rotatable bonds is 4. The molecule has 0 radical (unpaired) electrons. The van der Waals surface area contributed by atoms with E-state index in [4.69, 9.17) is 0 Å². The molecule has 0 unspecified atom stereocenters. The highest BCUT2D eigenvalue weighted by Gasteiger charge is 2.15. The van der Waals surface area contributed by atoms with Crippen LogP contribution in [0.4, 0.5) is 9.52 Å². The van der Waals surface area contributed by atoms with Gasteiger partial charge in [-0.05, 0) is 39.7 Å². The summed E-state index contributed by atoms with van der Waals surface area (Å²) in [6, 6.07) is 8.94. The van der Waals surface area contributed by atoms with Gasteiger partial charge in [0.15, 0.2) is 5.13 Å². The fourth-order valence-electron chi connectivity index (χ4n) is 2.11. The standard InChI is InChI=1S/C16H12BrFN4O2S/c1-22-13(23)6-5-11(21-22)15(24)20-16-19-14(17)12(25-16)8-9-3-2-4-10(18)7-9/h2-7H,8H2,1H3,(H,19,20,24). The maximum absolute atomic E-state index is 13.3. The van der Waals surface area contributed by atoms with Crippen LogP contribution < -0.4 is 10.9 Å². The van der Waals surface area contributed by atoms with Gasteiger partial charge in [0.1, 0.15) is 16.1 Å². The number of carbonyl (C=O) groups is 1. The SMILES string of the molecule is Cn1nc(C(=O)Nc2nc(Br)c(Cc3cccc(F)c3)s2)ccc1=O. The number of aromatic nitrogens is 3. The number of nitrogens with zero attached hydrogens (tertiary/aromatic N) is 3. The molecule has 1 N–H and O–H groups in total. The number of amides is 1. The number of benzene rings is 1. The molecule has 25 heavy (non-hydrogen) atoms. The minimum absolute atomic E-state index is 0.111. The first kappa shape index (κ1) is 17.4. The van der Waals surface area contributed by atoms with Crippen molar-refractivity contribution in [2.45, 2.75) is 6.42 Å². The summed E-state index contributed by atoms with van der Waals surface area (Å²) in [5, 5.41) is 6.93. The second kappa shape index (κ2) is 7.24. The molecule has 3 rings (SSSR count). The number of carbonyl (C=O) groups excluding carboxylic acids is 1. The summed E-state index contributed by atoms with van der Waals surface area (Å²) in [7, 11) is 1.47. The molecule has 0 bridgehead atoms. The van der Waals surface area contributed by atoms with Gasteiger partial charge >= 0.3 is 0 Å². The summed E-state index contributed by atoms with van der Waals surface area (Å²) in [4.78, 5) is 28.6. The lowest BCUT2D eigenvalue weighted by molar-refractivity contribution is 0.102. The predicted molar refractivity (Wildman–Crippen MR) is 96.5 cm³/mol. The van der Waals surface area contributed by atoms with Crippen LogP contribution in [0.1, 0.15) is 20.9 Å². The average molecular weight is 423 g/mol. The number of aryl methyl sites for hydroxylation is 1. The van der Waals surface area contributed by atoms with Crippen LogP contribution >= 0.6 is 27.3 Å². The molecular weight excluding hydrogens is 411 g/mol. The molecule has 1 aromatic carbocycles. The van der Waals surface area contributed by atoms with Gasteiger partial charge in [-0.15, -0.1) is 11.3 Å². The summed E-state index contributed by atoms with van der Waals surface area (Å²) in [6.45, 7) is 0. The molecule has 2 aromatic heterocycles. The Morgan fingerprint density at radius 2 is 2.16 bits per heavy atom. The summed E-state index contributed by atoms with van der Waals surface area (Å²) in [6.07, 6.45) is 0.490. The number of hydrogen-bond acceptors (Lipinski definition) is 5. The molecule has 0 saturated heterocycles. The molecular formula is C16H12BrFN4O2S. The second-order valence-electron chi connectivity index (χ2n) is 5.17. The van der Waals surface area contributed by atoms with Gasteiger partial charge < -0.3 is 0 Å². The van der Waals surface area contributed by atoms with Gasteiger partial charge in [-0.25, -0.2) is 14.1 Å².